The zero-order valence-electron chi connectivity index (χ0n) is 9.71. The molecule has 2 aromatic rings. The molecule has 0 spiro atoms. The third kappa shape index (κ3) is 9.28. The van der Waals surface area contributed by atoms with Crippen LogP contribution in [0.5, 0.6) is 0 Å². The first kappa shape index (κ1) is 18.7. The molecule has 0 aliphatic carbocycles. The molecule has 0 unspecified atom stereocenters. The van der Waals surface area contributed by atoms with Crippen LogP contribution in [0.15, 0.2) is 48.5 Å². The van der Waals surface area contributed by atoms with E-state index >= 15 is 0 Å². The van der Waals surface area contributed by atoms with Crippen LogP contribution in [0.4, 0.5) is 0 Å². The van der Waals surface area contributed by atoms with Crippen molar-refractivity contribution in [3.8, 4) is 0 Å². The zero-order chi connectivity index (χ0) is 13.4. The van der Waals surface area contributed by atoms with Crippen molar-refractivity contribution in [3.63, 3.8) is 0 Å². The molecule has 0 saturated heterocycles. The average Bonchev–Trinajstić information content (AvgIpc) is 2.99. The number of carbonyl (C=O) groups is 1. The summed E-state index contributed by atoms with van der Waals surface area (Å²) in [6.45, 7) is 0.323. The van der Waals surface area contributed by atoms with E-state index in [1.54, 1.807) is 12.1 Å². The molecule has 0 aliphatic rings. The second-order valence-electron chi connectivity index (χ2n) is 3.36. The largest absolute Gasteiger partial charge is 0.747 e. The molecule has 0 amide bonds. The quantitative estimate of drug-likeness (QED) is 0.349. The fourth-order valence-corrected chi connectivity index (χ4v) is 1.31. The molecule has 2 nitrogen and oxygen atoms in total. The third-order valence-corrected chi connectivity index (χ3v) is 2.29. The average molecular weight is 361 g/mol. The van der Waals surface area contributed by atoms with Gasteiger partial charge in [-0.3, -0.25) is 0 Å². The summed E-state index contributed by atoms with van der Waals surface area (Å²) in [6.07, 6.45) is 0.833. The second kappa shape index (κ2) is 9.60. The standard InChI is InChI=1S/C7H6Cl3O.C6H5O.Fe/c8-7(9,10)11-5-6-3-1-2-4-6;7-5-6-3-1-2-4-6;/h1-4H,5H2;1-5H;/q-5;-1;. The van der Waals surface area contributed by atoms with Crippen LogP contribution in [-0.4, -0.2) is 10.3 Å². The number of halogens is 3. The first-order chi connectivity index (χ1) is 8.51. The molecular weight excluding hydrogens is 350 g/mol. The molecule has 0 fully saturated rings. The van der Waals surface area contributed by atoms with Gasteiger partial charge in [-0.2, -0.15) is 12.1 Å². The van der Waals surface area contributed by atoms with Gasteiger partial charge in [-0.1, -0.05) is 40.4 Å². The summed E-state index contributed by atoms with van der Waals surface area (Å²) in [5, 5.41) is 0. The minimum absolute atomic E-state index is 0. The Morgan fingerprint density at radius 3 is 2.05 bits per heavy atom. The summed E-state index contributed by atoms with van der Waals surface area (Å²) in [6, 6.07) is 14.8. The fourth-order valence-electron chi connectivity index (χ4n) is 1.14. The van der Waals surface area contributed by atoms with Crippen LogP contribution in [0.1, 0.15) is 15.9 Å². The number of carbonyl (C=O) groups excluding carboxylic acids is 1. The van der Waals surface area contributed by atoms with Crippen LogP contribution in [0.25, 0.3) is 0 Å². The van der Waals surface area contributed by atoms with Crippen LogP contribution in [0, 0.1) is 0 Å². The zero-order valence-corrected chi connectivity index (χ0v) is 13.1. The molecule has 0 bridgehead atoms. The Morgan fingerprint density at radius 2 is 1.68 bits per heavy atom. The number of hydrogen-bond acceptors (Lipinski definition) is 2. The summed E-state index contributed by atoms with van der Waals surface area (Å²) in [5.74, 6) is 0. The monoisotopic (exact) mass is 360 g/mol. The van der Waals surface area contributed by atoms with E-state index in [-0.39, 0.29) is 17.1 Å². The van der Waals surface area contributed by atoms with Crippen LogP contribution >= 0.6 is 34.8 Å². The first-order valence-corrected chi connectivity index (χ1v) is 6.23. The SMILES string of the molecule is ClC(Cl)(Cl)OC[c-]1[cH-][cH-][cH-][cH-]1.O=C[c-]1cccc1.[Fe]. The van der Waals surface area contributed by atoms with Gasteiger partial charge in [-0.15, -0.1) is 6.61 Å². The molecule has 19 heavy (non-hydrogen) atoms. The van der Waals surface area contributed by atoms with E-state index in [0.29, 0.717) is 6.61 Å². The van der Waals surface area contributed by atoms with Crippen molar-refractivity contribution in [3.05, 3.63) is 59.7 Å². The van der Waals surface area contributed by atoms with Crippen molar-refractivity contribution in [1.82, 2.24) is 0 Å². The smallest absolute Gasteiger partial charge is 0.294 e. The van der Waals surface area contributed by atoms with E-state index < -0.39 is 3.98 Å². The Hall–Kier alpha value is -0.281. The Bertz CT molecular complexity index is 433. The number of hydrogen-bond donors (Lipinski definition) is 0. The molecular formula is C13H11Cl3FeO2-6. The van der Waals surface area contributed by atoms with Crippen molar-refractivity contribution >= 4 is 41.1 Å². The Balaban J connectivity index is 0.000000352. The Kier molecular flexibility index (Phi) is 9.45. The maximum absolute atomic E-state index is 9.87. The molecule has 0 radical (unpaired) electrons. The summed E-state index contributed by atoms with van der Waals surface area (Å²) in [5.41, 5.74) is 1.75. The maximum Gasteiger partial charge on any atom is 0.294 e. The number of rotatable bonds is 3. The molecule has 2 rings (SSSR count). The van der Waals surface area contributed by atoms with E-state index in [4.69, 9.17) is 39.5 Å². The van der Waals surface area contributed by atoms with Crippen LogP contribution in [0.2, 0.25) is 0 Å². The Labute approximate surface area is 137 Å². The molecule has 110 valence electrons. The minimum Gasteiger partial charge on any atom is -0.747 e. The van der Waals surface area contributed by atoms with Gasteiger partial charge >= 0.3 is 0 Å². The second-order valence-corrected chi connectivity index (χ2v) is 5.54. The topological polar surface area (TPSA) is 26.3 Å². The predicted octanol–water partition coefficient (Wildman–Crippen LogP) is 4.47. The van der Waals surface area contributed by atoms with E-state index in [2.05, 4.69) is 0 Å². The fraction of sp³-hybridized carbons (Fsp3) is 0.154. The minimum atomic E-state index is -1.61. The normalized spacial score (nSPS) is 10.1. The van der Waals surface area contributed by atoms with Gasteiger partial charge in [0.1, 0.15) is 0 Å². The van der Waals surface area contributed by atoms with Gasteiger partial charge < -0.3 is 39.4 Å². The van der Waals surface area contributed by atoms with Crippen molar-refractivity contribution in [1.29, 1.82) is 0 Å². The number of ether oxygens (including phenoxy) is 1. The van der Waals surface area contributed by atoms with Crippen LogP contribution < -0.4 is 0 Å². The van der Waals surface area contributed by atoms with Crippen LogP contribution in [-0.2, 0) is 28.4 Å². The van der Waals surface area contributed by atoms with Gasteiger partial charge in [0, 0.05) is 17.1 Å². The van der Waals surface area contributed by atoms with Gasteiger partial charge in [0.05, 0.1) is 6.29 Å². The van der Waals surface area contributed by atoms with Gasteiger partial charge in [0.2, 0.25) is 0 Å². The van der Waals surface area contributed by atoms with Gasteiger partial charge in [0.15, 0.2) is 0 Å². The molecule has 0 N–H and O–H groups in total. The predicted molar refractivity (Wildman–Crippen MR) is 74.5 cm³/mol. The number of aldehydes is 1. The molecule has 2 aromatic carbocycles. The summed E-state index contributed by atoms with van der Waals surface area (Å²) >= 11 is 16.1. The first-order valence-electron chi connectivity index (χ1n) is 5.09. The van der Waals surface area contributed by atoms with Crippen molar-refractivity contribution in [2.24, 2.45) is 0 Å². The van der Waals surface area contributed by atoms with Crippen molar-refractivity contribution in [2.45, 2.75) is 10.6 Å². The number of alkyl halides is 3. The third-order valence-electron chi connectivity index (χ3n) is 1.96. The van der Waals surface area contributed by atoms with E-state index in [9.17, 15) is 4.79 Å². The van der Waals surface area contributed by atoms with E-state index in [1.807, 2.05) is 36.4 Å². The summed E-state index contributed by atoms with van der Waals surface area (Å²) in [4.78, 5) is 9.87. The van der Waals surface area contributed by atoms with Gasteiger partial charge in [0.25, 0.3) is 3.98 Å². The van der Waals surface area contributed by atoms with E-state index in [0.717, 1.165) is 17.4 Å². The maximum atomic E-state index is 9.87. The summed E-state index contributed by atoms with van der Waals surface area (Å²) < 4.78 is 3.26. The molecule has 0 saturated carbocycles. The van der Waals surface area contributed by atoms with Crippen molar-refractivity contribution in [2.75, 3.05) is 0 Å². The molecule has 0 aliphatic heterocycles. The van der Waals surface area contributed by atoms with Crippen LogP contribution in [0.3, 0.4) is 0 Å². The van der Waals surface area contributed by atoms with E-state index in [1.165, 1.54) is 0 Å². The van der Waals surface area contributed by atoms with Gasteiger partial charge in [-0.05, 0) is 0 Å². The Morgan fingerprint density at radius 1 is 1.16 bits per heavy atom. The molecule has 0 aromatic heterocycles. The summed E-state index contributed by atoms with van der Waals surface area (Å²) in [7, 11) is 0. The molecule has 6 heteroatoms. The molecule has 0 heterocycles. The van der Waals surface area contributed by atoms with Crippen molar-refractivity contribution < 1.29 is 26.6 Å². The molecule has 0 atom stereocenters. The van der Waals surface area contributed by atoms with Gasteiger partial charge in [-0.25, -0.2) is 12.1 Å².